The van der Waals surface area contributed by atoms with Crippen molar-refractivity contribution in [2.45, 2.75) is 6.92 Å². The molecule has 0 aliphatic heterocycles. The molecule has 2 heterocycles. The Kier molecular flexibility index (Phi) is 7.35. The largest absolute Gasteiger partial charge is 0.496 e. The number of fused-ring (bicyclic) bond motifs is 1. The van der Waals surface area contributed by atoms with Crippen LogP contribution < -0.4 is 14.5 Å². The number of ether oxygens (including phenoxy) is 1. The molecule has 2 aromatic heterocycles. The van der Waals surface area contributed by atoms with Crippen molar-refractivity contribution >= 4 is 40.1 Å². The Hall–Kier alpha value is -4.56. The van der Waals surface area contributed by atoms with E-state index in [-0.39, 0.29) is 0 Å². The average molecular weight is 455 g/mol. The second kappa shape index (κ2) is 10.4. The standard InChI is InChI=1S/C26H26N6O2/c1-7-8-19(16-30(2)3)20-11-21-22(12-24(20)34-6)28-15-23(31(4)17-33)26(21)32(5)25-10-9-18(13-27)14-29-25/h9-12,14-17H,1-6H3/b19-16+. The molecule has 0 radical (unpaired) electrons. The number of hydrogen-bond donors (Lipinski definition) is 0. The summed E-state index contributed by atoms with van der Waals surface area (Å²) < 4.78 is 5.68. The molecular formula is C26H26N6O2. The molecule has 0 atom stereocenters. The summed E-state index contributed by atoms with van der Waals surface area (Å²) in [5.74, 6) is 7.37. The number of carbonyl (C=O) groups excluding carboxylic acids is 1. The van der Waals surface area contributed by atoms with E-state index in [2.05, 4.69) is 27.9 Å². The fourth-order valence-electron chi connectivity index (χ4n) is 3.57. The number of anilines is 3. The van der Waals surface area contributed by atoms with Gasteiger partial charge in [-0.25, -0.2) is 4.98 Å². The molecule has 1 aromatic carbocycles. The Labute approximate surface area is 199 Å². The Morgan fingerprint density at radius 2 is 1.88 bits per heavy atom. The van der Waals surface area contributed by atoms with Crippen LogP contribution in [-0.2, 0) is 4.79 Å². The maximum Gasteiger partial charge on any atom is 0.213 e. The molecule has 0 saturated carbocycles. The quantitative estimate of drug-likeness (QED) is 0.396. The lowest BCUT2D eigenvalue weighted by molar-refractivity contribution is -0.107. The first-order valence-electron chi connectivity index (χ1n) is 10.4. The zero-order valence-corrected chi connectivity index (χ0v) is 20.1. The molecule has 0 N–H and O–H groups in total. The van der Waals surface area contributed by atoms with E-state index in [1.807, 2.05) is 49.3 Å². The summed E-state index contributed by atoms with van der Waals surface area (Å²) in [7, 11) is 9.00. The molecular weight excluding hydrogens is 428 g/mol. The third-order valence-corrected chi connectivity index (χ3v) is 5.17. The van der Waals surface area contributed by atoms with Crippen molar-refractivity contribution in [2.75, 3.05) is 45.1 Å². The number of methoxy groups -OCH3 is 1. The highest BCUT2D eigenvalue weighted by Gasteiger charge is 2.21. The van der Waals surface area contributed by atoms with E-state index in [0.717, 1.165) is 28.6 Å². The van der Waals surface area contributed by atoms with E-state index in [1.54, 1.807) is 39.4 Å². The SMILES string of the molecule is CC#C/C(=C\N(C)C)c1cc2c(N(C)c3ccc(C#N)cn3)c(N(C)C=O)cnc2cc1OC. The highest BCUT2D eigenvalue weighted by atomic mass is 16.5. The van der Waals surface area contributed by atoms with E-state index in [4.69, 9.17) is 10.00 Å². The minimum atomic E-state index is 0.464. The Balaban J connectivity index is 2.38. The molecule has 0 aliphatic rings. The Morgan fingerprint density at radius 3 is 2.44 bits per heavy atom. The van der Waals surface area contributed by atoms with Gasteiger partial charge in [0.2, 0.25) is 6.41 Å². The van der Waals surface area contributed by atoms with E-state index in [0.29, 0.717) is 28.3 Å². The van der Waals surface area contributed by atoms with Crippen LogP contribution in [0, 0.1) is 23.2 Å². The molecule has 34 heavy (non-hydrogen) atoms. The molecule has 1 amide bonds. The van der Waals surface area contributed by atoms with Gasteiger partial charge < -0.3 is 19.4 Å². The first kappa shape index (κ1) is 24.1. The van der Waals surface area contributed by atoms with Gasteiger partial charge in [-0.3, -0.25) is 9.78 Å². The summed E-state index contributed by atoms with van der Waals surface area (Å²) in [6.45, 7) is 1.78. The van der Waals surface area contributed by atoms with E-state index in [9.17, 15) is 4.79 Å². The fourth-order valence-corrected chi connectivity index (χ4v) is 3.57. The van der Waals surface area contributed by atoms with Crippen molar-refractivity contribution < 1.29 is 9.53 Å². The Bertz CT molecular complexity index is 1340. The minimum absolute atomic E-state index is 0.464. The van der Waals surface area contributed by atoms with Gasteiger partial charge in [-0.15, -0.1) is 5.92 Å². The number of hydrogen-bond acceptors (Lipinski definition) is 7. The third-order valence-electron chi connectivity index (χ3n) is 5.17. The second-order valence-corrected chi connectivity index (χ2v) is 7.74. The van der Waals surface area contributed by atoms with Crippen LogP contribution in [0.15, 0.2) is 42.9 Å². The number of rotatable bonds is 7. The topological polar surface area (TPSA) is 85.6 Å². The smallest absolute Gasteiger partial charge is 0.213 e. The molecule has 172 valence electrons. The van der Waals surface area contributed by atoms with Crippen molar-refractivity contribution in [2.24, 2.45) is 0 Å². The first-order chi connectivity index (χ1) is 16.3. The lowest BCUT2D eigenvalue weighted by Gasteiger charge is -2.26. The van der Waals surface area contributed by atoms with Gasteiger partial charge in [-0.2, -0.15) is 5.26 Å². The van der Waals surface area contributed by atoms with E-state index < -0.39 is 0 Å². The summed E-state index contributed by atoms with van der Waals surface area (Å²) in [5.41, 5.74) is 4.07. The van der Waals surface area contributed by atoms with Crippen molar-refractivity contribution in [3.8, 4) is 23.7 Å². The van der Waals surface area contributed by atoms with Crippen molar-refractivity contribution in [3.63, 3.8) is 0 Å². The van der Waals surface area contributed by atoms with E-state index in [1.165, 1.54) is 11.1 Å². The van der Waals surface area contributed by atoms with Gasteiger partial charge in [-0.05, 0) is 25.1 Å². The van der Waals surface area contributed by atoms with Gasteiger partial charge in [-0.1, -0.05) is 5.92 Å². The van der Waals surface area contributed by atoms with Crippen molar-refractivity contribution in [1.82, 2.24) is 14.9 Å². The summed E-state index contributed by atoms with van der Waals surface area (Å²) >= 11 is 0. The van der Waals surface area contributed by atoms with Crippen LogP contribution >= 0.6 is 0 Å². The van der Waals surface area contributed by atoms with Gasteiger partial charge in [0.1, 0.15) is 17.6 Å². The fraction of sp³-hybridized carbons (Fsp3) is 0.231. The predicted molar refractivity (Wildman–Crippen MR) is 135 cm³/mol. The zero-order chi connectivity index (χ0) is 24.8. The molecule has 3 rings (SSSR count). The monoisotopic (exact) mass is 454 g/mol. The lowest BCUT2D eigenvalue weighted by Crippen LogP contribution is -2.20. The number of allylic oxidation sites excluding steroid dienone is 1. The molecule has 8 nitrogen and oxygen atoms in total. The van der Waals surface area contributed by atoms with Crippen molar-refractivity contribution in [1.29, 1.82) is 5.26 Å². The predicted octanol–water partition coefficient (Wildman–Crippen LogP) is 3.80. The van der Waals surface area contributed by atoms with Crippen LogP contribution in [0.5, 0.6) is 5.75 Å². The van der Waals surface area contributed by atoms with Crippen molar-refractivity contribution in [3.05, 3.63) is 54.0 Å². The van der Waals surface area contributed by atoms with Crippen LogP contribution in [0.25, 0.3) is 16.5 Å². The normalized spacial score (nSPS) is 10.7. The number of carbonyl (C=O) groups is 1. The Morgan fingerprint density at radius 1 is 1.12 bits per heavy atom. The number of nitrogens with zero attached hydrogens (tertiary/aromatic N) is 6. The summed E-state index contributed by atoms with van der Waals surface area (Å²) in [6.07, 6.45) is 5.83. The van der Waals surface area contributed by atoms with Crippen LogP contribution in [0.3, 0.4) is 0 Å². The number of pyridine rings is 2. The molecule has 8 heteroatoms. The molecule has 3 aromatic rings. The van der Waals surface area contributed by atoms with E-state index >= 15 is 0 Å². The maximum atomic E-state index is 11.7. The van der Waals surface area contributed by atoms with Crippen LogP contribution in [0.2, 0.25) is 0 Å². The molecule has 0 spiro atoms. The molecule has 0 unspecified atom stereocenters. The number of nitriles is 1. The van der Waals surface area contributed by atoms with Gasteiger partial charge in [0.15, 0.2) is 0 Å². The van der Waals surface area contributed by atoms with Crippen LogP contribution in [0.1, 0.15) is 18.1 Å². The number of benzene rings is 1. The number of amides is 1. The highest BCUT2D eigenvalue weighted by molar-refractivity contribution is 6.04. The number of aromatic nitrogens is 2. The van der Waals surface area contributed by atoms with Gasteiger partial charge in [0.05, 0.1) is 41.3 Å². The molecule has 0 bridgehead atoms. The van der Waals surface area contributed by atoms with Gasteiger partial charge in [0.25, 0.3) is 0 Å². The highest BCUT2D eigenvalue weighted by Crippen LogP contribution is 2.41. The maximum absolute atomic E-state index is 11.7. The summed E-state index contributed by atoms with van der Waals surface area (Å²) in [4.78, 5) is 26.0. The van der Waals surface area contributed by atoms with Crippen LogP contribution in [-0.4, -0.2) is 56.6 Å². The molecule has 0 aliphatic carbocycles. The summed E-state index contributed by atoms with van der Waals surface area (Å²) in [5, 5.41) is 9.91. The molecule has 0 saturated heterocycles. The lowest BCUT2D eigenvalue weighted by atomic mass is 10.0. The average Bonchev–Trinajstić information content (AvgIpc) is 2.85. The summed E-state index contributed by atoms with van der Waals surface area (Å²) in [6, 6.07) is 9.38. The zero-order valence-electron chi connectivity index (χ0n) is 20.1. The first-order valence-corrected chi connectivity index (χ1v) is 10.4. The van der Waals surface area contributed by atoms with Gasteiger partial charge in [0, 0.05) is 57.6 Å². The third kappa shape index (κ3) is 4.77. The minimum Gasteiger partial charge on any atom is -0.496 e. The van der Waals surface area contributed by atoms with Gasteiger partial charge >= 0.3 is 0 Å². The second-order valence-electron chi connectivity index (χ2n) is 7.74. The van der Waals surface area contributed by atoms with Crippen LogP contribution in [0.4, 0.5) is 17.2 Å². The molecule has 0 fully saturated rings.